The summed E-state index contributed by atoms with van der Waals surface area (Å²) >= 11 is -0.408. The van der Waals surface area contributed by atoms with Gasteiger partial charge in [-0.25, -0.2) is 0 Å². The van der Waals surface area contributed by atoms with E-state index in [-0.39, 0.29) is 12.3 Å². The van der Waals surface area contributed by atoms with E-state index >= 15 is 0 Å². The first-order chi connectivity index (χ1) is 17.9. The summed E-state index contributed by atoms with van der Waals surface area (Å²) in [6.45, 7) is 19.3. The van der Waals surface area contributed by atoms with Crippen LogP contribution >= 0.6 is 18.9 Å². The summed E-state index contributed by atoms with van der Waals surface area (Å²) in [5.41, 5.74) is 11.8. The molecule has 2 fully saturated rings. The molecule has 2 aliphatic rings. The van der Waals surface area contributed by atoms with Crippen molar-refractivity contribution in [3.05, 3.63) is 69.5 Å². The zero-order valence-electron chi connectivity index (χ0n) is 24.0. The van der Waals surface area contributed by atoms with E-state index in [0.717, 1.165) is 29.1 Å². The molecule has 1 heterocycles. The second kappa shape index (κ2) is 17.4. The molecule has 0 spiro atoms. The molecule has 1 N–H and O–H groups in total. The Bertz CT molecular complexity index is 1020. The number of rotatable bonds is 3. The normalized spacial score (nSPS) is 16.3. The van der Waals surface area contributed by atoms with Gasteiger partial charge in [0.05, 0.1) is 0 Å². The maximum atomic E-state index is 9.76. The Labute approximate surface area is 251 Å². The number of anilines is 2. The van der Waals surface area contributed by atoms with Gasteiger partial charge in [0.1, 0.15) is 0 Å². The Morgan fingerprint density at radius 3 is 1.56 bits per heavy atom. The van der Waals surface area contributed by atoms with Crippen LogP contribution in [0.5, 0.6) is 0 Å². The van der Waals surface area contributed by atoms with Gasteiger partial charge in [0.25, 0.3) is 0 Å². The molecule has 0 amide bonds. The molecule has 0 aromatic heterocycles. The predicted molar refractivity (Wildman–Crippen MR) is 172 cm³/mol. The third-order valence-electron chi connectivity index (χ3n) is 6.75. The molecule has 1 atom stereocenters. The van der Waals surface area contributed by atoms with Crippen LogP contribution in [0.3, 0.4) is 0 Å². The monoisotopic (exact) mass is 663 g/mol. The van der Waals surface area contributed by atoms with E-state index in [1.807, 2.05) is 0 Å². The SMILES string of the molecule is C.C[C](C=[N+]([O-])O)=[Ru][Cl].Cc1cc(C)c(N2[CH-]N(c3c(C)cc(C)cc3C)CC2)c(C)c1.PC1CCCCC1. The first kappa shape index (κ1) is 35.6. The van der Waals surface area contributed by atoms with Gasteiger partial charge in [0.15, 0.2) is 0 Å². The number of nitrogens with zero attached hydrogens (tertiary/aromatic N) is 3. The Hall–Kier alpha value is -1.48. The van der Waals surface area contributed by atoms with E-state index in [1.54, 1.807) is 6.92 Å². The standard InChI is InChI=1S/C21H27N2.C6H13P.C3H5NO2.CH4.ClH.Ru/c1-14-9-16(3)20(17(4)10-14)22-7-8-23(13-22)21-18(5)11-15(2)12-19(21)6;7-6-4-2-1-3-5-6;1-2-3-4(5)6;;;/h9-13H,7-8H2,1-6H3;6H,1-5,7H2;3H,1H3,(H,5,6);1H4;1H;/q-1;;;;;+1/p-1. The average molecular weight is 663 g/mol. The van der Waals surface area contributed by atoms with Gasteiger partial charge in [-0.2, -0.15) is 6.67 Å². The minimum Gasteiger partial charge on any atom is -0.502 e. The molecule has 1 aliphatic carbocycles. The van der Waals surface area contributed by atoms with Crippen molar-refractivity contribution >= 4 is 40.6 Å². The van der Waals surface area contributed by atoms with Crippen LogP contribution in [0.1, 0.15) is 79.8 Å². The van der Waals surface area contributed by atoms with Crippen molar-refractivity contribution in [2.75, 3.05) is 22.9 Å². The molecule has 1 saturated heterocycles. The maximum Gasteiger partial charge on any atom is 0.0146 e. The van der Waals surface area contributed by atoms with E-state index in [9.17, 15) is 5.21 Å². The minimum atomic E-state index is -0.408. The number of benzene rings is 2. The van der Waals surface area contributed by atoms with Crippen LogP contribution in [0.2, 0.25) is 0 Å². The summed E-state index contributed by atoms with van der Waals surface area (Å²) in [4.78, 5) is 4.57. The smallest absolute Gasteiger partial charge is 0.0146 e. The number of halogens is 1. The van der Waals surface area contributed by atoms with Crippen molar-refractivity contribution < 1.29 is 25.8 Å². The van der Waals surface area contributed by atoms with Crippen molar-refractivity contribution in [3.8, 4) is 0 Å². The molecule has 5 nitrogen and oxygen atoms in total. The fourth-order valence-electron chi connectivity index (χ4n) is 5.39. The first-order valence-electron chi connectivity index (χ1n) is 13.3. The summed E-state index contributed by atoms with van der Waals surface area (Å²) < 4.78 is 0.719. The molecule has 1 saturated carbocycles. The molecule has 1 aliphatic heterocycles. The summed E-state index contributed by atoms with van der Waals surface area (Å²) in [5, 5.41) is 17.8. The summed E-state index contributed by atoms with van der Waals surface area (Å²) in [6.07, 6.45) is 8.36. The summed E-state index contributed by atoms with van der Waals surface area (Å²) in [7, 11) is 8.25. The van der Waals surface area contributed by atoms with Gasteiger partial charge < -0.3 is 9.80 Å². The van der Waals surface area contributed by atoms with E-state index in [2.05, 4.69) is 91.5 Å². The topological polar surface area (TPSA) is 52.8 Å². The average Bonchev–Trinajstić information content (AvgIpc) is 3.27. The molecule has 0 bridgehead atoms. The van der Waals surface area contributed by atoms with Gasteiger partial charge in [-0.15, -0.1) is 9.24 Å². The Morgan fingerprint density at radius 1 is 0.923 bits per heavy atom. The van der Waals surface area contributed by atoms with Crippen LogP contribution < -0.4 is 9.80 Å². The Morgan fingerprint density at radius 2 is 1.31 bits per heavy atom. The van der Waals surface area contributed by atoms with Gasteiger partial charge in [-0.3, -0.25) is 0 Å². The van der Waals surface area contributed by atoms with Crippen LogP contribution in [-0.4, -0.2) is 39.2 Å². The second-order valence-corrected chi connectivity index (χ2v) is 13.9. The van der Waals surface area contributed by atoms with Crippen LogP contribution in [0.25, 0.3) is 0 Å². The van der Waals surface area contributed by atoms with Crippen molar-refractivity contribution in [1.82, 2.24) is 0 Å². The zero-order valence-corrected chi connectivity index (χ0v) is 27.6. The zero-order chi connectivity index (χ0) is 28.4. The Kier molecular flexibility index (Phi) is 15.8. The quantitative estimate of drug-likeness (QED) is 0.0685. The molecule has 0 radical (unpaired) electrons. The van der Waals surface area contributed by atoms with E-state index in [1.165, 1.54) is 76.9 Å². The van der Waals surface area contributed by atoms with Crippen molar-refractivity contribution in [1.29, 1.82) is 0 Å². The molecule has 4 rings (SSSR count). The van der Waals surface area contributed by atoms with Crippen molar-refractivity contribution in [2.45, 2.75) is 93.7 Å². The Balaban J connectivity index is 0.000000391. The minimum absolute atomic E-state index is 0. The van der Waals surface area contributed by atoms with E-state index in [0.29, 0.717) is 0 Å². The van der Waals surface area contributed by atoms with Crippen molar-refractivity contribution in [3.63, 3.8) is 0 Å². The van der Waals surface area contributed by atoms with Crippen LogP contribution in [0.4, 0.5) is 11.4 Å². The summed E-state index contributed by atoms with van der Waals surface area (Å²) in [5.74, 6) is 0. The molecule has 221 valence electrons. The summed E-state index contributed by atoms with van der Waals surface area (Å²) in [6, 6.07) is 9.12. The predicted octanol–water partition coefficient (Wildman–Crippen LogP) is 8.20. The number of hydrogen-bond acceptors (Lipinski definition) is 4. The first-order valence-corrected chi connectivity index (χ1v) is 17.1. The third-order valence-corrected chi connectivity index (χ3v) is 9.40. The van der Waals surface area contributed by atoms with Gasteiger partial charge in [-0.05, 0) is 82.3 Å². The molecule has 39 heavy (non-hydrogen) atoms. The maximum absolute atomic E-state index is 9.76. The number of hydrogen-bond donors (Lipinski definition) is 1. The van der Waals surface area contributed by atoms with Crippen LogP contribution in [0, 0.1) is 53.4 Å². The number of aryl methyl sites for hydroxylation is 6. The molecule has 2 aromatic rings. The third kappa shape index (κ3) is 11.5. The van der Waals surface area contributed by atoms with E-state index in [4.69, 9.17) is 14.9 Å². The van der Waals surface area contributed by atoms with Crippen LogP contribution in [-0.2, 0) is 15.7 Å². The molecule has 8 heteroatoms. The fraction of sp³-hybridized carbons (Fsp3) is 0.516. The van der Waals surface area contributed by atoms with Crippen molar-refractivity contribution in [2.24, 2.45) is 0 Å². The van der Waals surface area contributed by atoms with Gasteiger partial charge in [-0.1, -0.05) is 62.1 Å². The second-order valence-electron chi connectivity index (χ2n) is 10.5. The fourth-order valence-corrected chi connectivity index (χ4v) is 6.34. The van der Waals surface area contributed by atoms with E-state index < -0.39 is 15.7 Å². The van der Waals surface area contributed by atoms with Gasteiger partial charge in [0, 0.05) is 24.5 Å². The van der Waals surface area contributed by atoms with Gasteiger partial charge >= 0.3 is 57.9 Å². The van der Waals surface area contributed by atoms with Crippen LogP contribution in [0.15, 0.2) is 24.3 Å². The molecular weight excluding hydrogens is 614 g/mol. The molecule has 1 unspecified atom stereocenters. The molecule has 2 aromatic carbocycles. The molecular formula is C31H49ClN3O2PRu-. The van der Waals surface area contributed by atoms with Gasteiger partial charge in [0.2, 0.25) is 0 Å². The largest absolute Gasteiger partial charge is 0.502 e.